The number of fused-ring (bicyclic) bond motifs is 1. The van der Waals surface area contributed by atoms with Crippen LogP contribution in [0.25, 0.3) is 17.0 Å². The number of nitriles is 1. The summed E-state index contributed by atoms with van der Waals surface area (Å²) < 4.78 is 10.2. The standard InChI is InChI=1S/C20H15N3O4/c1-26-15-8-6-13(7-9-15)10-14(11-21)20(25)27-12-18-22-17-5-3-2-4-16(17)19(24)23-18/h2-10H,12H2,1H3,(H,22,23,24)/b14-10+. The lowest BCUT2D eigenvalue weighted by atomic mass is 10.1. The van der Waals surface area contributed by atoms with Crippen molar-refractivity contribution in [3.05, 3.63) is 75.8 Å². The van der Waals surface area contributed by atoms with Crippen molar-refractivity contribution in [3.8, 4) is 11.8 Å². The van der Waals surface area contributed by atoms with E-state index in [1.807, 2.05) is 6.07 Å². The molecule has 0 aliphatic carbocycles. The van der Waals surface area contributed by atoms with Gasteiger partial charge in [-0.2, -0.15) is 5.26 Å². The molecule has 0 aliphatic rings. The molecular formula is C20H15N3O4. The Morgan fingerprint density at radius 1 is 1.22 bits per heavy atom. The molecule has 0 fully saturated rings. The van der Waals surface area contributed by atoms with Crippen LogP contribution in [-0.4, -0.2) is 23.0 Å². The molecule has 7 nitrogen and oxygen atoms in total. The minimum Gasteiger partial charge on any atom is -0.497 e. The number of aromatic nitrogens is 2. The summed E-state index contributed by atoms with van der Waals surface area (Å²) in [6.07, 6.45) is 1.42. The lowest BCUT2D eigenvalue weighted by Gasteiger charge is -2.05. The largest absolute Gasteiger partial charge is 0.497 e. The fourth-order valence-corrected chi connectivity index (χ4v) is 2.42. The van der Waals surface area contributed by atoms with Crippen molar-refractivity contribution in [2.24, 2.45) is 0 Å². The van der Waals surface area contributed by atoms with Crippen LogP contribution < -0.4 is 10.3 Å². The number of nitrogens with zero attached hydrogens (tertiary/aromatic N) is 2. The molecule has 2 aromatic carbocycles. The number of aromatic amines is 1. The number of carbonyl (C=O) groups excluding carboxylic acids is 1. The molecule has 0 aliphatic heterocycles. The van der Waals surface area contributed by atoms with Gasteiger partial charge in [-0.25, -0.2) is 9.78 Å². The van der Waals surface area contributed by atoms with Crippen LogP contribution in [0.2, 0.25) is 0 Å². The Kier molecular flexibility index (Phi) is 5.28. The number of hydrogen-bond donors (Lipinski definition) is 1. The van der Waals surface area contributed by atoms with Crippen LogP contribution in [0.3, 0.4) is 0 Å². The maximum absolute atomic E-state index is 12.2. The fraction of sp³-hybridized carbons (Fsp3) is 0.100. The molecule has 0 saturated heterocycles. The Balaban J connectivity index is 1.74. The predicted molar refractivity (Wildman–Crippen MR) is 98.7 cm³/mol. The van der Waals surface area contributed by atoms with Gasteiger partial charge in [-0.3, -0.25) is 4.79 Å². The van der Waals surface area contributed by atoms with E-state index in [4.69, 9.17) is 9.47 Å². The SMILES string of the molecule is COc1ccc(/C=C(\C#N)C(=O)OCc2nc3ccccc3c(=O)[nH]2)cc1. The van der Waals surface area contributed by atoms with E-state index in [0.717, 1.165) is 0 Å². The van der Waals surface area contributed by atoms with Crippen LogP contribution in [0, 0.1) is 11.3 Å². The molecule has 1 aromatic heterocycles. The van der Waals surface area contributed by atoms with Crippen LogP contribution in [0.4, 0.5) is 0 Å². The molecule has 0 unspecified atom stereocenters. The van der Waals surface area contributed by atoms with Gasteiger partial charge in [-0.15, -0.1) is 0 Å². The lowest BCUT2D eigenvalue weighted by Crippen LogP contribution is -2.15. The van der Waals surface area contributed by atoms with E-state index in [9.17, 15) is 14.9 Å². The monoisotopic (exact) mass is 361 g/mol. The Morgan fingerprint density at radius 3 is 2.67 bits per heavy atom. The first kappa shape index (κ1) is 17.9. The molecule has 3 aromatic rings. The predicted octanol–water partition coefficient (Wildman–Crippen LogP) is 2.58. The Morgan fingerprint density at radius 2 is 1.96 bits per heavy atom. The Labute approximate surface area is 154 Å². The summed E-state index contributed by atoms with van der Waals surface area (Å²) in [7, 11) is 1.55. The third-order valence-corrected chi connectivity index (χ3v) is 3.77. The van der Waals surface area contributed by atoms with E-state index >= 15 is 0 Å². The average Bonchev–Trinajstić information content (AvgIpc) is 2.70. The average molecular weight is 361 g/mol. The van der Waals surface area contributed by atoms with E-state index in [0.29, 0.717) is 22.2 Å². The minimum atomic E-state index is -0.802. The molecular weight excluding hydrogens is 346 g/mol. The van der Waals surface area contributed by atoms with Gasteiger partial charge < -0.3 is 14.5 Å². The fourth-order valence-electron chi connectivity index (χ4n) is 2.42. The maximum Gasteiger partial charge on any atom is 0.349 e. The van der Waals surface area contributed by atoms with Crippen molar-refractivity contribution < 1.29 is 14.3 Å². The van der Waals surface area contributed by atoms with Crippen molar-refractivity contribution in [2.45, 2.75) is 6.61 Å². The summed E-state index contributed by atoms with van der Waals surface area (Å²) in [5.74, 6) is 0.0671. The number of carbonyl (C=O) groups is 1. The summed E-state index contributed by atoms with van der Waals surface area (Å²) in [5, 5.41) is 9.67. The van der Waals surface area contributed by atoms with Crippen molar-refractivity contribution in [1.82, 2.24) is 9.97 Å². The molecule has 0 bridgehead atoms. The van der Waals surface area contributed by atoms with Crippen LogP contribution in [0.1, 0.15) is 11.4 Å². The molecule has 0 atom stereocenters. The van der Waals surface area contributed by atoms with E-state index in [1.165, 1.54) is 6.08 Å². The normalized spacial score (nSPS) is 11.0. The third-order valence-electron chi connectivity index (χ3n) is 3.77. The van der Waals surface area contributed by atoms with Crippen LogP contribution in [0.5, 0.6) is 5.75 Å². The number of rotatable bonds is 5. The summed E-state index contributed by atoms with van der Waals surface area (Å²) in [5.41, 5.74) is 0.673. The van der Waals surface area contributed by atoms with Gasteiger partial charge in [0, 0.05) is 0 Å². The second-order valence-corrected chi connectivity index (χ2v) is 5.55. The molecule has 0 spiro atoms. The number of esters is 1. The third kappa shape index (κ3) is 4.19. The summed E-state index contributed by atoms with van der Waals surface area (Å²) in [6, 6.07) is 15.5. The van der Waals surface area contributed by atoms with Gasteiger partial charge in [-0.05, 0) is 35.9 Å². The number of benzene rings is 2. The molecule has 7 heteroatoms. The first-order chi connectivity index (χ1) is 13.1. The molecule has 134 valence electrons. The Hall–Kier alpha value is -3.92. The molecule has 1 heterocycles. The lowest BCUT2D eigenvalue weighted by molar-refractivity contribution is -0.139. The van der Waals surface area contributed by atoms with Gasteiger partial charge in [-0.1, -0.05) is 24.3 Å². The molecule has 0 amide bonds. The second kappa shape index (κ2) is 7.97. The summed E-state index contributed by atoms with van der Waals surface area (Å²) >= 11 is 0. The van der Waals surface area contributed by atoms with E-state index in [-0.39, 0.29) is 23.6 Å². The van der Waals surface area contributed by atoms with Gasteiger partial charge in [0.25, 0.3) is 5.56 Å². The first-order valence-electron chi connectivity index (χ1n) is 8.01. The van der Waals surface area contributed by atoms with Gasteiger partial charge >= 0.3 is 5.97 Å². The Bertz CT molecular complexity index is 1110. The number of hydrogen-bond acceptors (Lipinski definition) is 6. The topological polar surface area (TPSA) is 105 Å². The van der Waals surface area contributed by atoms with Crippen LogP contribution >= 0.6 is 0 Å². The molecule has 1 N–H and O–H groups in total. The maximum atomic E-state index is 12.2. The van der Waals surface area contributed by atoms with Crippen molar-refractivity contribution >= 4 is 22.9 Å². The smallest absolute Gasteiger partial charge is 0.349 e. The van der Waals surface area contributed by atoms with Gasteiger partial charge in [0.15, 0.2) is 0 Å². The van der Waals surface area contributed by atoms with Crippen molar-refractivity contribution in [2.75, 3.05) is 7.11 Å². The number of para-hydroxylation sites is 1. The van der Waals surface area contributed by atoms with Crippen LogP contribution in [-0.2, 0) is 16.1 Å². The quantitative estimate of drug-likeness (QED) is 0.425. The van der Waals surface area contributed by atoms with Crippen LogP contribution in [0.15, 0.2) is 58.9 Å². The zero-order chi connectivity index (χ0) is 19.2. The number of methoxy groups -OCH3 is 1. The summed E-state index contributed by atoms with van der Waals surface area (Å²) in [4.78, 5) is 31.0. The highest BCUT2D eigenvalue weighted by atomic mass is 16.5. The van der Waals surface area contributed by atoms with E-state index < -0.39 is 5.97 Å². The molecule has 27 heavy (non-hydrogen) atoms. The highest BCUT2D eigenvalue weighted by molar-refractivity contribution is 5.97. The minimum absolute atomic E-state index is 0.164. The number of H-pyrrole nitrogens is 1. The van der Waals surface area contributed by atoms with Crippen molar-refractivity contribution in [1.29, 1.82) is 5.26 Å². The van der Waals surface area contributed by atoms with E-state index in [1.54, 1.807) is 55.6 Å². The zero-order valence-corrected chi connectivity index (χ0v) is 14.4. The molecule has 0 radical (unpaired) electrons. The van der Waals surface area contributed by atoms with Gasteiger partial charge in [0.05, 0.1) is 18.0 Å². The molecule has 3 rings (SSSR count). The van der Waals surface area contributed by atoms with Crippen molar-refractivity contribution in [3.63, 3.8) is 0 Å². The van der Waals surface area contributed by atoms with E-state index in [2.05, 4.69) is 9.97 Å². The highest BCUT2D eigenvalue weighted by Crippen LogP contribution is 2.14. The zero-order valence-electron chi connectivity index (χ0n) is 14.4. The molecule has 0 saturated carbocycles. The number of ether oxygens (including phenoxy) is 2. The highest BCUT2D eigenvalue weighted by Gasteiger charge is 2.12. The summed E-state index contributed by atoms with van der Waals surface area (Å²) in [6.45, 7) is -0.249. The van der Waals surface area contributed by atoms with Gasteiger partial charge in [0.2, 0.25) is 0 Å². The second-order valence-electron chi connectivity index (χ2n) is 5.55. The first-order valence-corrected chi connectivity index (χ1v) is 8.01. The number of nitrogens with one attached hydrogen (secondary N) is 1. The van der Waals surface area contributed by atoms with Gasteiger partial charge in [0.1, 0.15) is 29.8 Å².